The van der Waals surface area contributed by atoms with E-state index in [0.29, 0.717) is 12.8 Å². The SMILES string of the molecule is COC(=O)CCc1csc(SC)n1. The number of aryl methyl sites for hydroxylation is 1. The molecule has 0 saturated carbocycles. The summed E-state index contributed by atoms with van der Waals surface area (Å²) in [5, 5.41) is 1.98. The van der Waals surface area contributed by atoms with Gasteiger partial charge in [0.25, 0.3) is 0 Å². The van der Waals surface area contributed by atoms with Gasteiger partial charge in [-0.15, -0.1) is 11.3 Å². The Kier molecular flexibility index (Phi) is 4.24. The lowest BCUT2D eigenvalue weighted by molar-refractivity contribution is -0.140. The van der Waals surface area contributed by atoms with Crippen LogP contribution in [-0.4, -0.2) is 24.3 Å². The molecule has 0 unspecified atom stereocenters. The molecule has 0 aliphatic carbocycles. The fraction of sp³-hybridized carbons (Fsp3) is 0.500. The summed E-state index contributed by atoms with van der Waals surface area (Å²) in [6, 6.07) is 0. The molecule has 0 aliphatic rings. The minimum Gasteiger partial charge on any atom is -0.469 e. The van der Waals surface area contributed by atoms with E-state index >= 15 is 0 Å². The van der Waals surface area contributed by atoms with Gasteiger partial charge in [0.1, 0.15) is 4.34 Å². The van der Waals surface area contributed by atoms with Crippen LogP contribution in [0, 0.1) is 0 Å². The molecule has 13 heavy (non-hydrogen) atoms. The van der Waals surface area contributed by atoms with Gasteiger partial charge in [-0.2, -0.15) is 0 Å². The highest BCUT2D eigenvalue weighted by Gasteiger charge is 2.04. The molecule has 0 N–H and O–H groups in total. The van der Waals surface area contributed by atoms with Crippen molar-refractivity contribution in [3.63, 3.8) is 0 Å². The second-order valence-electron chi connectivity index (χ2n) is 2.39. The topological polar surface area (TPSA) is 39.2 Å². The first-order valence-electron chi connectivity index (χ1n) is 3.81. The van der Waals surface area contributed by atoms with Crippen LogP contribution < -0.4 is 0 Å². The van der Waals surface area contributed by atoms with Crippen molar-refractivity contribution in [2.75, 3.05) is 13.4 Å². The van der Waals surface area contributed by atoms with Crippen LogP contribution in [0.2, 0.25) is 0 Å². The Bertz CT molecular complexity index is 285. The Balaban J connectivity index is 2.41. The minimum atomic E-state index is -0.182. The molecule has 5 heteroatoms. The third-order valence-electron chi connectivity index (χ3n) is 1.52. The van der Waals surface area contributed by atoms with Crippen molar-refractivity contribution in [3.05, 3.63) is 11.1 Å². The van der Waals surface area contributed by atoms with Crippen LogP contribution in [0.25, 0.3) is 0 Å². The van der Waals surface area contributed by atoms with Gasteiger partial charge in [-0.25, -0.2) is 4.98 Å². The number of nitrogens with zero attached hydrogens (tertiary/aromatic N) is 1. The van der Waals surface area contributed by atoms with E-state index in [0.717, 1.165) is 10.0 Å². The lowest BCUT2D eigenvalue weighted by Crippen LogP contribution is -2.01. The second kappa shape index (κ2) is 5.24. The van der Waals surface area contributed by atoms with Gasteiger partial charge in [-0.1, -0.05) is 11.8 Å². The zero-order valence-electron chi connectivity index (χ0n) is 7.57. The summed E-state index contributed by atoms with van der Waals surface area (Å²) in [4.78, 5) is 15.1. The summed E-state index contributed by atoms with van der Waals surface area (Å²) in [7, 11) is 1.40. The number of carbonyl (C=O) groups excluding carboxylic acids is 1. The van der Waals surface area contributed by atoms with E-state index in [1.165, 1.54) is 7.11 Å². The first-order chi connectivity index (χ1) is 6.26. The maximum Gasteiger partial charge on any atom is 0.305 e. The van der Waals surface area contributed by atoms with Crippen molar-refractivity contribution in [3.8, 4) is 0 Å². The standard InChI is InChI=1S/C8H11NO2S2/c1-11-7(10)4-3-6-5-13-8(9-6)12-2/h5H,3-4H2,1-2H3. The van der Waals surface area contributed by atoms with Crippen molar-refractivity contribution >= 4 is 29.1 Å². The van der Waals surface area contributed by atoms with Crippen LogP contribution in [0.15, 0.2) is 9.72 Å². The molecule has 0 amide bonds. The molecule has 0 radical (unpaired) electrons. The zero-order chi connectivity index (χ0) is 9.68. The van der Waals surface area contributed by atoms with Gasteiger partial charge in [-0.3, -0.25) is 4.79 Å². The van der Waals surface area contributed by atoms with E-state index in [-0.39, 0.29) is 5.97 Å². The molecule has 0 spiro atoms. The Hall–Kier alpha value is -0.550. The summed E-state index contributed by atoms with van der Waals surface area (Å²) in [5.74, 6) is -0.182. The number of carbonyl (C=O) groups is 1. The molecule has 3 nitrogen and oxygen atoms in total. The van der Waals surface area contributed by atoms with E-state index in [9.17, 15) is 4.79 Å². The molecule has 0 aliphatic heterocycles. The minimum absolute atomic E-state index is 0.182. The van der Waals surface area contributed by atoms with Crippen LogP contribution in [0.3, 0.4) is 0 Å². The maximum atomic E-state index is 10.8. The average Bonchev–Trinajstić information content (AvgIpc) is 2.61. The molecular formula is C8H11NO2S2. The number of thioether (sulfide) groups is 1. The Morgan fingerprint density at radius 2 is 2.54 bits per heavy atom. The molecule has 1 rings (SSSR count). The fourth-order valence-corrected chi connectivity index (χ4v) is 2.14. The highest BCUT2D eigenvalue weighted by atomic mass is 32.2. The predicted octanol–water partition coefficient (Wildman–Crippen LogP) is 1.97. The van der Waals surface area contributed by atoms with Gasteiger partial charge < -0.3 is 4.74 Å². The number of hydrogen-bond acceptors (Lipinski definition) is 5. The van der Waals surface area contributed by atoms with Crippen molar-refractivity contribution in [2.45, 2.75) is 17.2 Å². The van der Waals surface area contributed by atoms with Gasteiger partial charge in [0.15, 0.2) is 0 Å². The van der Waals surface area contributed by atoms with Crippen molar-refractivity contribution in [2.24, 2.45) is 0 Å². The normalized spacial score (nSPS) is 10.0. The van der Waals surface area contributed by atoms with Crippen molar-refractivity contribution in [1.82, 2.24) is 4.98 Å². The summed E-state index contributed by atoms with van der Waals surface area (Å²) >= 11 is 3.23. The zero-order valence-corrected chi connectivity index (χ0v) is 9.20. The Morgan fingerprint density at radius 1 is 1.77 bits per heavy atom. The summed E-state index contributed by atoms with van der Waals surface area (Å²) in [6.45, 7) is 0. The lowest BCUT2D eigenvalue weighted by Gasteiger charge is -1.95. The van der Waals surface area contributed by atoms with Crippen LogP contribution in [0.4, 0.5) is 0 Å². The highest BCUT2D eigenvalue weighted by Crippen LogP contribution is 2.20. The van der Waals surface area contributed by atoms with Gasteiger partial charge in [0.2, 0.25) is 0 Å². The largest absolute Gasteiger partial charge is 0.469 e. The third kappa shape index (κ3) is 3.36. The molecular weight excluding hydrogens is 206 g/mol. The smallest absolute Gasteiger partial charge is 0.305 e. The van der Waals surface area contributed by atoms with Gasteiger partial charge >= 0.3 is 5.97 Å². The number of ether oxygens (including phenoxy) is 1. The van der Waals surface area contributed by atoms with Gasteiger partial charge in [-0.05, 0) is 6.26 Å². The first-order valence-corrected chi connectivity index (χ1v) is 5.92. The van der Waals surface area contributed by atoms with E-state index in [1.807, 2.05) is 11.6 Å². The fourth-order valence-electron chi connectivity index (χ4n) is 0.829. The predicted molar refractivity (Wildman–Crippen MR) is 54.2 cm³/mol. The van der Waals surface area contributed by atoms with Crippen molar-refractivity contribution < 1.29 is 9.53 Å². The average molecular weight is 217 g/mol. The van der Waals surface area contributed by atoms with E-state index in [4.69, 9.17) is 0 Å². The number of aromatic nitrogens is 1. The molecule has 0 fully saturated rings. The molecule has 1 aromatic heterocycles. The van der Waals surface area contributed by atoms with E-state index in [2.05, 4.69) is 9.72 Å². The molecule has 0 saturated heterocycles. The van der Waals surface area contributed by atoms with Crippen LogP contribution in [0.5, 0.6) is 0 Å². The van der Waals surface area contributed by atoms with E-state index in [1.54, 1.807) is 23.1 Å². The van der Waals surface area contributed by atoms with Crippen molar-refractivity contribution in [1.29, 1.82) is 0 Å². The number of rotatable bonds is 4. The van der Waals surface area contributed by atoms with Gasteiger partial charge in [0, 0.05) is 11.8 Å². The van der Waals surface area contributed by atoms with E-state index < -0.39 is 0 Å². The molecule has 0 bridgehead atoms. The summed E-state index contributed by atoms with van der Waals surface area (Å²) in [6.07, 6.45) is 3.07. The Morgan fingerprint density at radius 3 is 3.08 bits per heavy atom. The number of thiazole rings is 1. The number of hydrogen-bond donors (Lipinski definition) is 0. The second-order valence-corrected chi connectivity index (χ2v) is 4.30. The van der Waals surface area contributed by atoms with Crippen LogP contribution >= 0.6 is 23.1 Å². The highest BCUT2D eigenvalue weighted by molar-refractivity contribution is 8.00. The Labute approximate surface area is 85.5 Å². The maximum absolute atomic E-state index is 10.8. The molecule has 0 atom stereocenters. The molecule has 1 heterocycles. The number of esters is 1. The summed E-state index contributed by atoms with van der Waals surface area (Å²) < 4.78 is 5.58. The molecule has 0 aromatic carbocycles. The van der Waals surface area contributed by atoms with Crippen LogP contribution in [-0.2, 0) is 16.0 Å². The molecule has 1 aromatic rings. The monoisotopic (exact) mass is 217 g/mol. The third-order valence-corrected chi connectivity index (χ3v) is 3.43. The molecule has 72 valence electrons. The summed E-state index contributed by atoms with van der Waals surface area (Å²) in [5.41, 5.74) is 0.972. The first kappa shape index (κ1) is 10.5. The lowest BCUT2D eigenvalue weighted by atomic mass is 10.2. The quantitative estimate of drug-likeness (QED) is 0.571. The van der Waals surface area contributed by atoms with Gasteiger partial charge in [0.05, 0.1) is 19.2 Å². The van der Waals surface area contributed by atoms with Crippen LogP contribution in [0.1, 0.15) is 12.1 Å². The number of methoxy groups -OCH3 is 1.